The first-order chi connectivity index (χ1) is 5.36. The van der Waals surface area contributed by atoms with Crippen molar-refractivity contribution in [3.63, 3.8) is 0 Å². The summed E-state index contributed by atoms with van der Waals surface area (Å²) in [5.41, 5.74) is 7.35. The molecule has 0 spiro atoms. The molecule has 3 nitrogen and oxygen atoms in total. The fraction of sp³-hybridized carbons (Fsp3) is 0.250. The lowest BCUT2D eigenvalue weighted by molar-refractivity contribution is 0.323. The van der Waals surface area contributed by atoms with E-state index >= 15 is 0 Å². The highest BCUT2D eigenvalue weighted by Gasteiger charge is 2.07. The molecule has 1 aromatic carbocycles. The molecule has 0 saturated carbocycles. The summed E-state index contributed by atoms with van der Waals surface area (Å²) in [5.74, 6) is 0.894. The van der Waals surface area contributed by atoms with Gasteiger partial charge in [0.1, 0.15) is 12.4 Å². The van der Waals surface area contributed by atoms with E-state index in [1.54, 1.807) is 0 Å². The van der Waals surface area contributed by atoms with Gasteiger partial charge >= 0.3 is 0 Å². The number of hydrogen-bond acceptors (Lipinski definition) is 3. The van der Waals surface area contributed by atoms with E-state index in [9.17, 15) is 0 Å². The maximum atomic E-state index is 5.59. The minimum Gasteiger partial charge on any atom is -0.490 e. The molecule has 3 N–H and O–H groups in total. The van der Waals surface area contributed by atoms with Gasteiger partial charge in [0.05, 0.1) is 5.69 Å². The van der Waals surface area contributed by atoms with Crippen molar-refractivity contribution in [3.8, 4) is 5.75 Å². The zero-order chi connectivity index (χ0) is 7.68. The Morgan fingerprint density at radius 2 is 2.08 bits per heavy atom. The standard InChI is InChI=1S/C8H10N2O.2ClH/c9-6-1-2-8-7(5-6)10-3-4-11-8;;/h1-2,5,10H,3-4,9H2;2*1H. The molecule has 1 aliphatic rings. The number of halogens is 2. The van der Waals surface area contributed by atoms with E-state index in [0.29, 0.717) is 0 Å². The lowest BCUT2D eigenvalue weighted by atomic mass is 10.2. The Labute approximate surface area is 89.5 Å². The molecule has 13 heavy (non-hydrogen) atoms. The molecule has 0 amide bonds. The predicted molar refractivity (Wildman–Crippen MR) is 59.3 cm³/mol. The molecule has 1 heterocycles. The van der Waals surface area contributed by atoms with E-state index in [1.165, 1.54) is 0 Å². The van der Waals surface area contributed by atoms with Gasteiger partial charge in [-0.05, 0) is 18.2 Å². The quantitative estimate of drug-likeness (QED) is 0.660. The summed E-state index contributed by atoms with van der Waals surface area (Å²) in [6.45, 7) is 1.59. The molecular formula is C8H12Cl2N2O. The van der Waals surface area contributed by atoms with Gasteiger partial charge in [-0.25, -0.2) is 0 Å². The molecule has 74 valence electrons. The van der Waals surface area contributed by atoms with E-state index in [4.69, 9.17) is 10.5 Å². The van der Waals surface area contributed by atoms with Crippen LogP contribution in [0.25, 0.3) is 0 Å². The normalized spacial score (nSPS) is 12.3. The predicted octanol–water partition coefficient (Wildman–Crippen LogP) is 1.92. The van der Waals surface area contributed by atoms with E-state index in [0.717, 1.165) is 30.3 Å². The second-order valence-electron chi connectivity index (χ2n) is 2.53. The first-order valence-corrected chi connectivity index (χ1v) is 3.62. The number of nitrogen functional groups attached to an aromatic ring is 1. The molecule has 0 atom stereocenters. The summed E-state index contributed by atoms with van der Waals surface area (Å²) in [5, 5.41) is 3.20. The van der Waals surface area contributed by atoms with Gasteiger partial charge < -0.3 is 15.8 Å². The second-order valence-corrected chi connectivity index (χ2v) is 2.53. The molecule has 0 radical (unpaired) electrons. The average molecular weight is 223 g/mol. The Kier molecular flexibility index (Phi) is 4.73. The van der Waals surface area contributed by atoms with Gasteiger partial charge in [-0.3, -0.25) is 0 Å². The summed E-state index contributed by atoms with van der Waals surface area (Å²) in [4.78, 5) is 0. The van der Waals surface area contributed by atoms with E-state index in [1.807, 2.05) is 18.2 Å². The fourth-order valence-electron chi connectivity index (χ4n) is 1.16. The molecule has 1 aromatic rings. The van der Waals surface area contributed by atoms with Gasteiger partial charge in [-0.15, -0.1) is 24.8 Å². The van der Waals surface area contributed by atoms with Crippen molar-refractivity contribution in [2.75, 3.05) is 24.2 Å². The van der Waals surface area contributed by atoms with Crippen LogP contribution in [0.5, 0.6) is 5.75 Å². The second kappa shape index (κ2) is 5.04. The van der Waals surface area contributed by atoms with Crippen LogP contribution in [0.1, 0.15) is 0 Å². The number of ether oxygens (including phenoxy) is 1. The van der Waals surface area contributed by atoms with Crippen LogP contribution in [-0.2, 0) is 0 Å². The third-order valence-corrected chi connectivity index (χ3v) is 1.68. The van der Waals surface area contributed by atoms with Crippen LogP contribution < -0.4 is 15.8 Å². The largest absolute Gasteiger partial charge is 0.490 e. The third-order valence-electron chi connectivity index (χ3n) is 1.68. The lowest BCUT2D eigenvalue weighted by Crippen LogP contribution is -2.17. The minimum atomic E-state index is 0. The third kappa shape index (κ3) is 2.57. The Bertz CT molecular complexity index is 281. The number of fused-ring (bicyclic) bond motifs is 1. The van der Waals surface area contributed by atoms with Crippen LogP contribution in [0.4, 0.5) is 11.4 Å². The van der Waals surface area contributed by atoms with Crippen molar-refractivity contribution < 1.29 is 4.74 Å². The van der Waals surface area contributed by atoms with E-state index in [2.05, 4.69) is 5.32 Å². The number of benzene rings is 1. The lowest BCUT2D eigenvalue weighted by Gasteiger charge is -2.18. The smallest absolute Gasteiger partial charge is 0.142 e. The maximum absolute atomic E-state index is 5.59. The van der Waals surface area contributed by atoms with E-state index < -0.39 is 0 Å². The summed E-state index contributed by atoms with van der Waals surface area (Å²) in [6, 6.07) is 5.61. The van der Waals surface area contributed by atoms with Gasteiger partial charge in [0.15, 0.2) is 0 Å². The molecule has 0 aromatic heterocycles. The molecular weight excluding hydrogens is 211 g/mol. The van der Waals surface area contributed by atoms with Gasteiger partial charge in [-0.2, -0.15) is 0 Å². The first-order valence-electron chi connectivity index (χ1n) is 3.62. The molecule has 0 saturated heterocycles. The summed E-state index contributed by atoms with van der Waals surface area (Å²) in [7, 11) is 0. The highest BCUT2D eigenvalue weighted by atomic mass is 35.5. The van der Waals surface area contributed by atoms with Crippen LogP contribution in [0.3, 0.4) is 0 Å². The number of nitrogens with one attached hydrogen (secondary N) is 1. The van der Waals surface area contributed by atoms with Gasteiger partial charge in [0.2, 0.25) is 0 Å². The van der Waals surface area contributed by atoms with Crippen LogP contribution in [0.15, 0.2) is 18.2 Å². The van der Waals surface area contributed by atoms with Gasteiger partial charge in [0, 0.05) is 12.2 Å². The molecule has 0 aliphatic carbocycles. The zero-order valence-electron chi connectivity index (χ0n) is 6.95. The number of nitrogens with two attached hydrogens (primary N) is 1. The van der Waals surface area contributed by atoms with Crippen molar-refractivity contribution in [2.24, 2.45) is 0 Å². The van der Waals surface area contributed by atoms with Crippen LogP contribution in [0.2, 0.25) is 0 Å². The van der Waals surface area contributed by atoms with Crippen LogP contribution in [-0.4, -0.2) is 13.2 Å². The van der Waals surface area contributed by atoms with Crippen LogP contribution >= 0.6 is 24.8 Å². The number of rotatable bonds is 0. The highest BCUT2D eigenvalue weighted by molar-refractivity contribution is 5.85. The first kappa shape index (κ1) is 12.2. The Hall–Kier alpha value is -0.800. The minimum absolute atomic E-state index is 0. The maximum Gasteiger partial charge on any atom is 0.142 e. The van der Waals surface area contributed by atoms with E-state index in [-0.39, 0.29) is 24.8 Å². The average Bonchev–Trinajstić information content (AvgIpc) is 2.04. The highest BCUT2D eigenvalue weighted by Crippen LogP contribution is 2.28. The topological polar surface area (TPSA) is 47.3 Å². The molecule has 1 aliphatic heterocycles. The van der Waals surface area contributed by atoms with Crippen molar-refractivity contribution >= 4 is 36.2 Å². The number of anilines is 2. The van der Waals surface area contributed by atoms with Crippen LogP contribution in [0, 0.1) is 0 Å². The van der Waals surface area contributed by atoms with Gasteiger partial charge in [0.25, 0.3) is 0 Å². The fourth-order valence-corrected chi connectivity index (χ4v) is 1.16. The molecule has 0 fully saturated rings. The molecule has 5 heteroatoms. The summed E-state index contributed by atoms with van der Waals surface area (Å²) >= 11 is 0. The SMILES string of the molecule is Cl.Cl.Nc1ccc2c(c1)NCCO2. The molecule has 0 unspecified atom stereocenters. The molecule has 2 rings (SSSR count). The summed E-state index contributed by atoms with van der Waals surface area (Å²) in [6.07, 6.45) is 0. The Morgan fingerprint density at radius 3 is 2.85 bits per heavy atom. The van der Waals surface area contributed by atoms with Crippen molar-refractivity contribution in [1.82, 2.24) is 0 Å². The monoisotopic (exact) mass is 222 g/mol. The van der Waals surface area contributed by atoms with Crippen molar-refractivity contribution in [3.05, 3.63) is 18.2 Å². The van der Waals surface area contributed by atoms with Gasteiger partial charge in [-0.1, -0.05) is 0 Å². The Morgan fingerprint density at radius 1 is 1.31 bits per heavy atom. The van der Waals surface area contributed by atoms with Crippen molar-refractivity contribution in [1.29, 1.82) is 0 Å². The molecule has 0 bridgehead atoms. The summed E-state index contributed by atoms with van der Waals surface area (Å²) < 4.78 is 5.36. The zero-order valence-corrected chi connectivity index (χ0v) is 8.58. The van der Waals surface area contributed by atoms with Crippen molar-refractivity contribution in [2.45, 2.75) is 0 Å². The Balaban J connectivity index is 0.000000720. The number of hydrogen-bond donors (Lipinski definition) is 2.